The molecule has 2 atom stereocenters. The Morgan fingerprint density at radius 3 is 2.30 bits per heavy atom. The number of nitrogen functional groups attached to an aromatic ring is 1. The van der Waals surface area contributed by atoms with E-state index < -0.39 is 54.5 Å². The molecular formula is C32H36FN5O7S2. The van der Waals surface area contributed by atoms with Crippen LogP contribution in [0, 0.1) is 12.7 Å². The number of aryl methyl sites for hydroxylation is 1. The molecule has 0 fully saturated rings. The smallest absolute Gasteiger partial charge is 0.326 e. The summed E-state index contributed by atoms with van der Waals surface area (Å²) in [5, 5.41) is 24.9. The molecule has 1 amide bonds. The van der Waals surface area contributed by atoms with Crippen LogP contribution in [0.4, 0.5) is 10.2 Å². The predicted octanol–water partition coefficient (Wildman–Crippen LogP) is 3.10. The first-order chi connectivity index (χ1) is 21.3. The van der Waals surface area contributed by atoms with Gasteiger partial charge in [-0.1, -0.05) is 54.1 Å². The van der Waals surface area contributed by atoms with Crippen LogP contribution >= 0.6 is 27.0 Å². The van der Waals surface area contributed by atoms with Crippen LogP contribution in [0.25, 0.3) is 22.0 Å². The normalized spacial score (nSPS) is 11.9. The van der Waals surface area contributed by atoms with Gasteiger partial charge in [-0.15, -0.1) is 5.10 Å². The van der Waals surface area contributed by atoms with Gasteiger partial charge in [0.15, 0.2) is 5.82 Å². The van der Waals surface area contributed by atoms with Crippen LogP contribution in [0.15, 0.2) is 60.7 Å². The van der Waals surface area contributed by atoms with Crippen LogP contribution < -0.4 is 16.8 Å². The highest BCUT2D eigenvalue weighted by Gasteiger charge is 2.27. The Morgan fingerprint density at radius 1 is 0.979 bits per heavy atom. The molecule has 0 spiro atoms. The van der Waals surface area contributed by atoms with Crippen LogP contribution in [0.3, 0.4) is 0 Å². The van der Waals surface area contributed by atoms with E-state index in [4.69, 9.17) is 16.6 Å². The lowest BCUT2D eigenvalue weighted by molar-refractivity contribution is -0.143. The minimum atomic E-state index is -1.49. The Balaban J connectivity index is 0.00000384. The number of hydrogen-bond donors (Lipinski definition) is 5. The second-order valence-corrected chi connectivity index (χ2v) is 10.7. The number of carboxylic acids is 2. The third kappa shape index (κ3) is 9.64. The number of nitrogens with one attached hydrogen (secondary N) is 1. The molecule has 4 aromatic rings. The van der Waals surface area contributed by atoms with Crippen molar-refractivity contribution >= 4 is 73.2 Å². The van der Waals surface area contributed by atoms with Gasteiger partial charge in [-0.2, -0.15) is 31.7 Å². The summed E-state index contributed by atoms with van der Waals surface area (Å²) in [6.07, 6.45) is -1.28. The number of hydrogen-bond acceptors (Lipinski definition) is 8. The summed E-state index contributed by atoms with van der Waals surface area (Å²) in [5.74, 6) is -4.77. The lowest BCUT2D eigenvalue weighted by Gasteiger charge is -2.17. The molecule has 12 nitrogen and oxygen atoms in total. The monoisotopic (exact) mass is 685 g/mol. The average Bonchev–Trinajstić information content (AvgIpc) is 3.33. The molecular weight excluding hydrogens is 650 g/mol. The van der Waals surface area contributed by atoms with E-state index in [0.717, 1.165) is 21.4 Å². The molecule has 0 aliphatic rings. The van der Waals surface area contributed by atoms with Crippen molar-refractivity contribution in [1.29, 1.82) is 0 Å². The molecule has 0 radical (unpaired) electrons. The molecule has 1 aromatic heterocycles. The van der Waals surface area contributed by atoms with Crippen molar-refractivity contribution < 1.29 is 38.6 Å². The molecule has 0 saturated heterocycles. The molecule has 1 heterocycles. The van der Waals surface area contributed by atoms with Gasteiger partial charge in [0.25, 0.3) is 0 Å². The van der Waals surface area contributed by atoms with Crippen molar-refractivity contribution in [3.8, 4) is 11.1 Å². The minimum Gasteiger partial charge on any atom is -0.481 e. The fraction of sp³-hybridized carbons (Fsp3) is 0.250. The summed E-state index contributed by atoms with van der Waals surface area (Å²) in [4.78, 5) is 60.4. The maximum atomic E-state index is 14.1. The Kier molecular flexibility index (Phi) is 13.7. The first kappa shape index (κ1) is 38.5. The molecule has 47 heavy (non-hydrogen) atoms. The highest BCUT2D eigenvalue weighted by molar-refractivity contribution is 7.59. The van der Waals surface area contributed by atoms with Gasteiger partial charge in [0, 0.05) is 19.3 Å². The van der Waals surface area contributed by atoms with Gasteiger partial charge < -0.3 is 27.0 Å². The van der Waals surface area contributed by atoms with Gasteiger partial charge >= 0.3 is 11.9 Å². The van der Waals surface area contributed by atoms with E-state index in [9.17, 15) is 33.5 Å². The second-order valence-electron chi connectivity index (χ2n) is 10.7. The molecule has 3 aromatic carbocycles. The van der Waals surface area contributed by atoms with Gasteiger partial charge in [0.05, 0.1) is 23.4 Å². The molecule has 0 saturated carbocycles. The lowest BCUT2D eigenvalue weighted by Crippen LogP contribution is -2.49. The number of amides is 1. The van der Waals surface area contributed by atoms with E-state index in [0.29, 0.717) is 22.0 Å². The summed E-state index contributed by atoms with van der Waals surface area (Å²) in [7, 11) is 0. The molecule has 15 heteroatoms. The fourth-order valence-corrected chi connectivity index (χ4v) is 4.94. The molecule has 0 bridgehead atoms. The molecule has 250 valence electrons. The quantitative estimate of drug-likeness (QED) is 0.139. The topological polar surface area (TPSA) is 208 Å². The number of Topliss-reactive ketones (excluding diaryl/α,β-unsaturated/α-hetero) is 1. The number of aliphatic carboxylic acids is 2. The van der Waals surface area contributed by atoms with E-state index in [1.807, 2.05) is 6.92 Å². The number of anilines is 1. The van der Waals surface area contributed by atoms with Crippen molar-refractivity contribution in [1.82, 2.24) is 15.1 Å². The SMILES string of the molecule is Cc1ccc(F)c(CC(=O)Cc2ccc(-c3cccc4c3c(N)nn4C(=O)C[C@H](N)C(=O)N[C@@H](CCC(=O)O)C(=O)O)cc2)c1.S.S. The number of nitrogens with two attached hydrogens (primary N) is 2. The van der Waals surface area contributed by atoms with Crippen LogP contribution in [0.1, 0.15) is 40.7 Å². The maximum absolute atomic E-state index is 14.1. The van der Waals surface area contributed by atoms with E-state index in [1.165, 1.54) is 6.07 Å². The van der Waals surface area contributed by atoms with Crippen molar-refractivity contribution in [2.24, 2.45) is 5.73 Å². The number of carbonyl (C=O) groups is 5. The summed E-state index contributed by atoms with van der Waals surface area (Å²) in [5.41, 5.74) is 15.8. The highest BCUT2D eigenvalue weighted by Crippen LogP contribution is 2.33. The molecule has 0 unspecified atom stereocenters. The van der Waals surface area contributed by atoms with Crippen molar-refractivity contribution in [2.75, 3.05) is 5.73 Å². The van der Waals surface area contributed by atoms with Crippen LogP contribution in [0.2, 0.25) is 0 Å². The van der Waals surface area contributed by atoms with Crippen molar-refractivity contribution in [3.63, 3.8) is 0 Å². The number of rotatable bonds is 13. The zero-order valence-electron chi connectivity index (χ0n) is 25.3. The van der Waals surface area contributed by atoms with Gasteiger partial charge in [-0.25, -0.2) is 9.18 Å². The standard InChI is InChI=1S/C32H32FN5O7.2H2S/c1-17-5-10-23(33)20(13-17)15-21(39)14-18-6-8-19(9-7-18)22-3-2-4-26-29(22)30(35)37-38(26)27(40)16-24(34)31(43)36-25(32(44)45)11-12-28(41)42;;/h2-10,13,24-25H,11-12,14-16,34H2,1H3,(H2,35,37)(H,36,43)(H,41,42)(H,44,45);2*1H2/t24-,25-;;/m0../s1. The second kappa shape index (κ2) is 16.7. The number of nitrogens with zero attached hydrogens (tertiary/aromatic N) is 2. The number of ketones is 1. The predicted molar refractivity (Wildman–Crippen MR) is 184 cm³/mol. The number of carboxylic acid groups (broad SMARTS) is 2. The number of aromatic nitrogens is 2. The molecule has 0 aliphatic heterocycles. The number of carbonyl (C=O) groups excluding carboxylic acids is 3. The first-order valence-corrected chi connectivity index (χ1v) is 14.0. The van der Waals surface area contributed by atoms with E-state index >= 15 is 0 Å². The minimum absolute atomic E-state index is 0. The summed E-state index contributed by atoms with van der Waals surface area (Å²) >= 11 is 0. The van der Waals surface area contributed by atoms with Gasteiger partial charge in [0.1, 0.15) is 17.6 Å². The Labute approximate surface area is 283 Å². The zero-order valence-corrected chi connectivity index (χ0v) is 27.3. The number of halogens is 1. The van der Waals surface area contributed by atoms with Gasteiger partial charge in [0.2, 0.25) is 11.8 Å². The van der Waals surface area contributed by atoms with Crippen molar-refractivity contribution in [3.05, 3.63) is 83.2 Å². The highest BCUT2D eigenvalue weighted by atomic mass is 32.1. The lowest BCUT2D eigenvalue weighted by atomic mass is 9.97. The Hall–Kier alpha value is -4.73. The van der Waals surface area contributed by atoms with E-state index in [1.54, 1.807) is 54.6 Å². The Bertz CT molecular complexity index is 1800. The van der Waals surface area contributed by atoms with Crippen molar-refractivity contribution in [2.45, 2.75) is 51.1 Å². The third-order valence-electron chi connectivity index (χ3n) is 7.22. The van der Waals surface area contributed by atoms with Gasteiger partial charge in [-0.05, 0) is 47.7 Å². The summed E-state index contributed by atoms with van der Waals surface area (Å²) in [6.45, 7) is 1.83. The molecule has 0 aliphatic carbocycles. The third-order valence-corrected chi connectivity index (χ3v) is 7.22. The maximum Gasteiger partial charge on any atom is 0.326 e. The number of benzene rings is 3. The average molecular weight is 686 g/mol. The van der Waals surface area contributed by atoms with E-state index in [-0.39, 0.29) is 57.9 Å². The van der Waals surface area contributed by atoms with Gasteiger partial charge in [-0.3, -0.25) is 19.2 Å². The molecule has 4 rings (SSSR count). The van der Waals surface area contributed by atoms with Crippen LogP contribution in [0.5, 0.6) is 0 Å². The van der Waals surface area contributed by atoms with Crippen LogP contribution in [-0.4, -0.2) is 61.6 Å². The Morgan fingerprint density at radius 2 is 1.66 bits per heavy atom. The molecule has 7 N–H and O–H groups in total. The summed E-state index contributed by atoms with van der Waals surface area (Å²) in [6, 6.07) is 14.0. The first-order valence-electron chi connectivity index (χ1n) is 14.0. The van der Waals surface area contributed by atoms with Crippen LogP contribution in [-0.2, 0) is 32.0 Å². The summed E-state index contributed by atoms with van der Waals surface area (Å²) < 4.78 is 15.1. The number of fused-ring (bicyclic) bond motifs is 1. The largest absolute Gasteiger partial charge is 0.481 e. The zero-order chi connectivity index (χ0) is 32.8. The van der Waals surface area contributed by atoms with E-state index in [2.05, 4.69) is 10.4 Å². The fourth-order valence-electron chi connectivity index (χ4n) is 4.94.